The van der Waals surface area contributed by atoms with Gasteiger partial charge in [0.05, 0.1) is 12.7 Å². The molecule has 0 aromatic heterocycles. The molecular weight excluding hydrogens is 238 g/mol. The molecule has 4 N–H and O–H groups in total. The van der Waals surface area contributed by atoms with Gasteiger partial charge in [-0.2, -0.15) is 0 Å². The largest absolute Gasteiger partial charge is 0.465 e. The second kappa shape index (κ2) is 5.61. The van der Waals surface area contributed by atoms with Gasteiger partial charge in [-0.25, -0.2) is 4.79 Å². The third-order valence-electron chi connectivity index (χ3n) is 2.69. The molecule has 0 radical (unpaired) electrons. The van der Waals surface area contributed by atoms with Gasteiger partial charge >= 0.3 is 5.97 Å². The van der Waals surface area contributed by atoms with Crippen LogP contribution < -0.4 is 5.73 Å². The smallest absolute Gasteiger partial charge is 0.338 e. The molecule has 0 aliphatic rings. The molecular formula is C12H15NO5. The van der Waals surface area contributed by atoms with Gasteiger partial charge in [0, 0.05) is 0 Å². The van der Waals surface area contributed by atoms with Gasteiger partial charge in [-0.15, -0.1) is 0 Å². The predicted molar refractivity (Wildman–Crippen MR) is 62.7 cm³/mol. The van der Waals surface area contributed by atoms with Crippen molar-refractivity contribution in [3.8, 4) is 0 Å². The van der Waals surface area contributed by atoms with E-state index in [2.05, 4.69) is 4.74 Å². The molecule has 0 aliphatic carbocycles. The van der Waals surface area contributed by atoms with Crippen molar-refractivity contribution < 1.29 is 24.5 Å². The van der Waals surface area contributed by atoms with Gasteiger partial charge in [0.1, 0.15) is 6.10 Å². The van der Waals surface area contributed by atoms with E-state index in [1.54, 1.807) is 6.92 Å². The lowest BCUT2D eigenvalue weighted by Gasteiger charge is -2.18. The second-order valence-corrected chi connectivity index (χ2v) is 3.80. The van der Waals surface area contributed by atoms with Crippen molar-refractivity contribution in [2.24, 2.45) is 5.73 Å². The molecule has 6 nitrogen and oxygen atoms in total. The van der Waals surface area contributed by atoms with Gasteiger partial charge in [0.2, 0.25) is 5.91 Å². The summed E-state index contributed by atoms with van der Waals surface area (Å²) in [6, 6.07) is 4.54. The number of esters is 1. The zero-order valence-corrected chi connectivity index (χ0v) is 10.1. The summed E-state index contributed by atoms with van der Waals surface area (Å²) in [6.45, 7) is 1.58. The van der Waals surface area contributed by atoms with E-state index in [0.717, 1.165) is 0 Å². The average molecular weight is 253 g/mol. The summed E-state index contributed by atoms with van der Waals surface area (Å²) in [6.07, 6.45) is -3.20. The SMILES string of the molecule is COC(=O)c1cccc(C(O)C(O)C(N)=O)c1C. The van der Waals surface area contributed by atoms with E-state index in [0.29, 0.717) is 5.56 Å². The van der Waals surface area contributed by atoms with Crippen LogP contribution in [-0.4, -0.2) is 35.3 Å². The van der Waals surface area contributed by atoms with Gasteiger partial charge in [0.15, 0.2) is 6.10 Å². The fourth-order valence-electron chi connectivity index (χ4n) is 1.63. The van der Waals surface area contributed by atoms with E-state index in [1.807, 2.05) is 0 Å². The van der Waals surface area contributed by atoms with Crippen LogP contribution >= 0.6 is 0 Å². The Kier molecular flexibility index (Phi) is 4.41. The number of ether oxygens (including phenoxy) is 1. The van der Waals surface area contributed by atoms with E-state index in [-0.39, 0.29) is 11.1 Å². The number of rotatable bonds is 4. The van der Waals surface area contributed by atoms with Crippen molar-refractivity contribution in [3.63, 3.8) is 0 Å². The summed E-state index contributed by atoms with van der Waals surface area (Å²) in [5, 5.41) is 19.2. The lowest BCUT2D eigenvalue weighted by atomic mass is 9.95. The molecule has 0 bridgehead atoms. The Morgan fingerprint density at radius 3 is 2.44 bits per heavy atom. The number of carbonyl (C=O) groups is 2. The normalized spacial score (nSPS) is 13.8. The topological polar surface area (TPSA) is 110 Å². The zero-order chi connectivity index (χ0) is 13.9. The van der Waals surface area contributed by atoms with Gasteiger partial charge in [-0.05, 0) is 24.1 Å². The zero-order valence-electron chi connectivity index (χ0n) is 10.1. The molecule has 2 unspecified atom stereocenters. The lowest BCUT2D eigenvalue weighted by Crippen LogP contribution is -2.34. The summed E-state index contributed by atoms with van der Waals surface area (Å²) in [5.74, 6) is -1.60. The highest BCUT2D eigenvalue weighted by atomic mass is 16.5. The number of methoxy groups -OCH3 is 1. The first-order valence-corrected chi connectivity index (χ1v) is 5.23. The molecule has 2 atom stereocenters. The minimum absolute atomic E-state index is 0.254. The van der Waals surface area contributed by atoms with Gasteiger partial charge < -0.3 is 20.7 Å². The summed E-state index contributed by atoms with van der Waals surface area (Å²) in [7, 11) is 1.24. The van der Waals surface area contributed by atoms with Gasteiger partial charge in [-0.3, -0.25) is 4.79 Å². The Balaban J connectivity index is 3.18. The van der Waals surface area contributed by atoms with Crippen LogP contribution in [-0.2, 0) is 9.53 Å². The van der Waals surface area contributed by atoms with Crippen molar-refractivity contribution in [1.29, 1.82) is 0 Å². The first-order valence-electron chi connectivity index (χ1n) is 5.23. The van der Waals surface area contributed by atoms with Crippen LogP contribution in [0.4, 0.5) is 0 Å². The number of primary amides is 1. The van der Waals surface area contributed by atoms with Crippen LogP contribution in [0.3, 0.4) is 0 Å². The van der Waals surface area contributed by atoms with Crippen molar-refractivity contribution >= 4 is 11.9 Å². The Hall–Kier alpha value is -1.92. The Labute approximate surface area is 104 Å². The standard InChI is InChI=1S/C12H15NO5/c1-6-7(9(14)10(15)11(13)16)4-3-5-8(6)12(17)18-2/h3-5,9-10,14-15H,1-2H3,(H2,13,16). The number of benzene rings is 1. The van der Waals surface area contributed by atoms with Crippen molar-refractivity contribution in [3.05, 3.63) is 34.9 Å². The van der Waals surface area contributed by atoms with Gasteiger partial charge in [0.25, 0.3) is 0 Å². The van der Waals surface area contributed by atoms with Crippen LogP contribution in [0.15, 0.2) is 18.2 Å². The maximum absolute atomic E-state index is 11.5. The summed E-state index contributed by atoms with van der Waals surface area (Å²) < 4.78 is 4.59. The fourth-order valence-corrected chi connectivity index (χ4v) is 1.63. The highest BCUT2D eigenvalue weighted by Crippen LogP contribution is 2.23. The van der Waals surface area contributed by atoms with E-state index in [1.165, 1.54) is 25.3 Å². The van der Waals surface area contributed by atoms with Crippen LogP contribution in [0.1, 0.15) is 27.6 Å². The number of aliphatic hydroxyl groups is 2. The van der Waals surface area contributed by atoms with Crippen LogP contribution in [0.2, 0.25) is 0 Å². The summed E-state index contributed by atoms with van der Waals surface area (Å²) >= 11 is 0. The molecule has 1 rings (SSSR count). The molecule has 1 amide bonds. The van der Waals surface area contributed by atoms with Crippen LogP contribution in [0.5, 0.6) is 0 Å². The number of hydrogen-bond acceptors (Lipinski definition) is 5. The fraction of sp³-hybridized carbons (Fsp3) is 0.333. The maximum atomic E-state index is 11.5. The van der Waals surface area contributed by atoms with Crippen molar-refractivity contribution in [2.75, 3.05) is 7.11 Å². The predicted octanol–water partition coefficient (Wildman–Crippen LogP) is -0.339. The molecule has 98 valence electrons. The third-order valence-corrected chi connectivity index (χ3v) is 2.69. The Bertz CT molecular complexity index is 472. The quantitative estimate of drug-likeness (QED) is 0.636. The molecule has 0 saturated heterocycles. The first-order chi connectivity index (χ1) is 8.40. The van der Waals surface area contributed by atoms with Gasteiger partial charge in [-0.1, -0.05) is 12.1 Å². The minimum atomic E-state index is -1.73. The number of hydrogen-bond donors (Lipinski definition) is 3. The molecule has 0 heterocycles. The van der Waals surface area contributed by atoms with Crippen molar-refractivity contribution in [1.82, 2.24) is 0 Å². The molecule has 1 aromatic rings. The molecule has 18 heavy (non-hydrogen) atoms. The van der Waals surface area contributed by atoms with E-state index in [9.17, 15) is 19.8 Å². The van der Waals surface area contributed by atoms with Crippen LogP contribution in [0.25, 0.3) is 0 Å². The number of amides is 1. The average Bonchev–Trinajstić information content (AvgIpc) is 2.36. The van der Waals surface area contributed by atoms with Crippen LogP contribution in [0, 0.1) is 6.92 Å². The number of carbonyl (C=O) groups excluding carboxylic acids is 2. The van der Waals surface area contributed by atoms with Crippen molar-refractivity contribution in [2.45, 2.75) is 19.1 Å². The highest BCUT2D eigenvalue weighted by Gasteiger charge is 2.26. The molecule has 6 heteroatoms. The molecule has 1 aromatic carbocycles. The molecule has 0 fully saturated rings. The molecule has 0 spiro atoms. The molecule has 0 aliphatic heterocycles. The third kappa shape index (κ3) is 2.66. The monoisotopic (exact) mass is 253 g/mol. The van der Waals surface area contributed by atoms with E-state index < -0.39 is 24.1 Å². The van der Waals surface area contributed by atoms with E-state index in [4.69, 9.17) is 5.73 Å². The minimum Gasteiger partial charge on any atom is -0.465 e. The summed E-state index contributed by atoms with van der Waals surface area (Å²) in [5.41, 5.74) is 5.84. The second-order valence-electron chi connectivity index (χ2n) is 3.80. The first kappa shape index (κ1) is 14.1. The van der Waals surface area contributed by atoms with E-state index >= 15 is 0 Å². The Morgan fingerprint density at radius 1 is 1.33 bits per heavy atom. The Morgan fingerprint density at radius 2 is 1.94 bits per heavy atom. The summed E-state index contributed by atoms with van der Waals surface area (Å²) in [4.78, 5) is 22.3. The number of aliphatic hydroxyl groups excluding tert-OH is 2. The number of nitrogens with two attached hydrogens (primary N) is 1. The maximum Gasteiger partial charge on any atom is 0.338 e. The highest BCUT2D eigenvalue weighted by molar-refractivity contribution is 5.91. The lowest BCUT2D eigenvalue weighted by molar-refractivity contribution is -0.132. The molecule has 0 saturated carbocycles.